The van der Waals surface area contributed by atoms with Gasteiger partial charge in [-0.05, 0) is 13.8 Å². The van der Waals surface area contributed by atoms with Crippen LogP contribution in [0.5, 0.6) is 0 Å². The number of morpholine rings is 1. The fraction of sp³-hybridized carbons (Fsp3) is 0.667. The third-order valence-electron chi connectivity index (χ3n) is 2.47. The molecule has 6 heteroatoms. The van der Waals surface area contributed by atoms with Crippen molar-refractivity contribution in [2.75, 3.05) is 19.8 Å². The van der Waals surface area contributed by atoms with Gasteiger partial charge in [-0.1, -0.05) is 0 Å². The minimum Gasteiger partial charge on any atom is -0.377 e. The maximum absolute atomic E-state index is 12.1. The number of nitrogens with zero attached hydrogens (tertiary/aromatic N) is 3. The van der Waals surface area contributed by atoms with Crippen LogP contribution in [0, 0.1) is 0 Å². The summed E-state index contributed by atoms with van der Waals surface area (Å²) in [6.45, 7) is 5.75. The number of rotatable bonds is 1. The first-order valence-electron chi connectivity index (χ1n) is 4.78. The van der Waals surface area contributed by atoms with Gasteiger partial charge < -0.3 is 9.64 Å². The average molecular weight is 227 g/mol. The number of ether oxygens (including phenoxy) is 1. The van der Waals surface area contributed by atoms with Crippen molar-refractivity contribution in [2.24, 2.45) is 0 Å². The van der Waals surface area contributed by atoms with Gasteiger partial charge in [0.15, 0.2) is 5.69 Å². The summed E-state index contributed by atoms with van der Waals surface area (Å²) in [6.07, 6.45) is 1.51. The van der Waals surface area contributed by atoms with Gasteiger partial charge in [-0.15, -0.1) is 0 Å². The second-order valence-corrected chi connectivity index (χ2v) is 4.67. The molecular weight excluding hydrogens is 214 g/mol. The van der Waals surface area contributed by atoms with E-state index in [9.17, 15) is 4.79 Å². The van der Waals surface area contributed by atoms with Crippen molar-refractivity contribution in [2.45, 2.75) is 19.4 Å². The molecule has 0 bridgehead atoms. The Morgan fingerprint density at radius 2 is 2.47 bits per heavy atom. The van der Waals surface area contributed by atoms with E-state index in [2.05, 4.69) is 8.75 Å². The van der Waals surface area contributed by atoms with Crippen LogP contribution in [0.1, 0.15) is 24.3 Å². The standard InChI is InChI=1S/C9H13N3O2S/c1-9(2)6-14-4-3-12(9)8(13)7-5-10-15-11-7/h5H,3-4,6H2,1-2H3. The molecule has 5 nitrogen and oxygen atoms in total. The molecule has 0 N–H and O–H groups in total. The first kappa shape index (κ1) is 10.5. The Hall–Kier alpha value is -1.01. The van der Waals surface area contributed by atoms with Crippen LogP contribution in [-0.4, -0.2) is 44.9 Å². The second-order valence-electron chi connectivity index (χ2n) is 4.11. The highest BCUT2D eigenvalue weighted by atomic mass is 32.1. The van der Waals surface area contributed by atoms with Gasteiger partial charge in [0, 0.05) is 6.54 Å². The molecule has 0 saturated carbocycles. The van der Waals surface area contributed by atoms with Gasteiger partial charge in [0.25, 0.3) is 5.91 Å². The van der Waals surface area contributed by atoms with E-state index in [1.165, 1.54) is 6.20 Å². The molecule has 0 spiro atoms. The number of carbonyl (C=O) groups excluding carboxylic acids is 1. The molecule has 2 rings (SSSR count). The molecule has 1 amide bonds. The molecule has 82 valence electrons. The summed E-state index contributed by atoms with van der Waals surface area (Å²) in [6, 6.07) is 0. The lowest BCUT2D eigenvalue weighted by atomic mass is 10.0. The first-order chi connectivity index (χ1) is 7.11. The van der Waals surface area contributed by atoms with Crippen LogP contribution in [0.25, 0.3) is 0 Å². The third kappa shape index (κ3) is 2.00. The third-order valence-corrected chi connectivity index (χ3v) is 2.95. The van der Waals surface area contributed by atoms with Crippen LogP contribution in [0.3, 0.4) is 0 Å². The Labute approximate surface area is 92.4 Å². The highest BCUT2D eigenvalue weighted by Crippen LogP contribution is 2.20. The van der Waals surface area contributed by atoms with E-state index in [4.69, 9.17) is 4.74 Å². The predicted molar refractivity (Wildman–Crippen MR) is 55.8 cm³/mol. The summed E-state index contributed by atoms with van der Waals surface area (Å²) in [5.74, 6) is -0.0583. The van der Waals surface area contributed by atoms with E-state index >= 15 is 0 Å². The van der Waals surface area contributed by atoms with Gasteiger partial charge in [-0.3, -0.25) is 4.79 Å². The van der Waals surface area contributed by atoms with Gasteiger partial charge in [-0.25, -0.2) is 0 Å². The van der Waals surface area contributed by atoms with Crippen molar-refractivity contribution in [3.63, 3.8) is 0 Å². The Morgan fingerprint density at radius 3 is 3.07 bits per heavy atom. The van der Waals surface area contributed by atoms with Crippen molar-refractivity contribution in [3.8, 4) is 0 Å². The zero-order valence-electron chi connectivity index (χ0n) is 8.77. The highest BCUT2D eigenvalue weighted by molar-refractivity contribution is 6.99. The molecule has 1 aliphatic heterocycles. The average Bonchev–Trinajstić information content (AvgIpc) is 2.69. The molecule has 1 aromatic rings. The molecular formula is C9H13N3O2S. The van der Waals surface area contributed by atoms with Crippen LogP contribution in [0.15, 0.2) is 6.20 Å². The number of carbonyl (C=O) groups is 1. The Kier molecular flexibility index (Phi) is 2.70. The van der Waals surface area contributed by atoms with E-state index in [0.29, 0.717) is 25.5 Å². The molecule has 2 heterocycles. The molecule has 15 heavy (non-hydrogen) atoms. The highest BCUT2D eigenvalue weighted by Gasteiger charge is 2.35. The molecule has 0 radical (unpaired) electrons. The number of hydrogen-bond donors (Lipinski definition) is 0. The molecule has 1 saturated heterocycles. The van der Waals surface area contributed by atoms with Crippen LogP contribution in [-0.2, 0) is 4.74 Å². The van der Waals surface area contributed by atoms with Crippen LogP contribution in [0.4, 0.5) is 0 Å². The second kappa shape index (κ2) is 3.86. The normalized spacial score (nSPS) is 20.3. The summed E-state index contributed by atoms with van der Waals surface area (Å²) < 4.78 is 13.1. The molecule has 0 aliphatic carbocycles. The van der Waals surface area contributed by atoms with Crippen LogP contribution >= 0.6 is 11.7 Å². The zero-order valence-corrected chi connectivity index (χ0v) is 9.58. The first-order valence-corrected chi connectivity index (χ1v) is 5.51. The largest absolute Gasteiger partial charge is 0.377 e. The van der Waals surface area contributed by atoms with E-state index in [0.717, 1.165) is 11.7 Å². The van der Waals surface area contributed by atoms with Gasteiger partial charge in [-0.2, -0.15) is 8.75 Å². The van der Waals surface area contributed by atoms with E-state index in [-0.39, 0.29) is 11.4 Å². The summed E-state index contributed by atoms with van der Waals surface area (Å²) in [5.41, 5.74) is 0.161. The molecule has 0 unspecified atom stereocenters. The maximum atomic E-state index is 12.1. The Morgan fingerprint density at radius 1 is 1.67 bits per heavy atom. The van der Waals surface area contributed by atoms with E-state index in [1.54, 1.807) is 4.90 Å². The van der Waals surface area contributed by atoms with Crippen molar-refractivity contribution in [3.05, 3.63) is 11.9 Å². The summed E-state index contributed by atoms with van der Waals surface area (Å²) in [7, 11) is 0. The van der Waals surface area contributed by atoms with Gasteiger partial charge in [0.2, 0.25) is 0 Å². The number of hydrogen-bond acceptors (Lipinski definition) is 5. The fourth-order valence-electron chi connectivity index (χ4n) is 1.63. The van der Waals surface area contributed by atoms with Gasteiger partial charge in [0.1, 0.15) is 0 Å². The fourth-order valence-corrected chi connectivity index (χ4v) is 2.04. The van der Waals surface area contributed by atoms with Crippen molar-refractivity contribution in [1.29, 1.82) is 0 Å². The van der Waals surface area contributed by atoms with Gasteiger partial charge in [0.05, 0.1) is 36.7 Å². The summed E-state index contributed by atoms with van der Waals surface area (Å²) in [5, 5.41) is 0. The number of amides is 1. The Bertz CT molecular complexity index is 350. The van der Waals surface area contributed by atoms with Crippen molar-refractivity contribution >= 4 is 17.6 Å². The smallest absolute Gasteiger partial charge is 0.275 e. The minimum absolute atomic E-state index is 0.0583. The molecule has 0 aromatic carbocycles. The topological polar surface area (TPSA) is 55.3 Å². The van der Waals surface area contributed by atoms with Gasteiger partial charge >= 0.3 is 0 Å². The summed E-state index contributed by atoms with van der Waals surface area (Å²) >= 11 is 1.05. The SMILES string of the molecule is CC1(C)COCCN1C(=O)c1cnsn1. The maximum Gasteiger partial charge on any atom is 0.275 e. The molecule has 0 atom stereocenters. The minimum atomic E-state index is -0.265. The van der Waals surface area contributed by atoms with Crippen LogP contribution < -0.4 is 0 Å². The number of aromatic nitrogens is 2. The lowest BCUT2D eigenvalue weighted by molar-refractivity contribution is -0.0372. The van der Waals surface area contributed by atoms with Crippen LogP contribution in [0.2, 0.25) is 0 Å². The lowest BCUT2D eigenvalue weighted by Crippen LogP contribution is -2.55. The molecule has 1 aliphatic rings. The Balaban J connectivity index is 2.19. The zero-order chi connectivity index (χ0) is 10.9. The summed E-state index contributed by atoms with van der Waals surface area (Å²) in [4.78, 5) is 13.8. The molecule has 1 fully saturated rings. The predicted octanol–water partition coefficient (Wildman–Crippen LogP) is 0.789. The molecule has 1 aromatic heterocycles. The lowest BCUT2D eigenvalue weighted by Gasteiger charge is -2.41. The van der Waals surface area contributed by atoms with E-state index < -0.39 is 0 Å². The van der Waals surface area contributed by atoms with Crippen molar-refractivity contribution < 1.29 is 9.53 Å². The van der Waals surface area contributed by atoms with Crippen molar-refractivity contribution in [1.82, 2.24) is 13.6 Å². The van der Waals surface area contributed by atoms with E-state index in [1.807, 2.05) is 13.8 Å². The monoisotopic (exact) mass is 227 g/mol. The quantitative estimate of drug-likeness (QED) is 0.711.